The van der Waals surface area contributed by atoms with Crippen molar-refractivity contribution in [2.75, 3.05) is 19.5 Å². The third-order valence-electron chi connectivity index (χ3n) is 3.80. The van der Waals surface area contributed by atoms with Crippen LogP contribution in [0.3, 0.4) is 0 Å². The van der Waals surface area contributed by atoms with Crippen LogP contribution in [-0.2, 0) is 19.1 Å². The average molecular weight is 386 g/mol. The van der Waals surface area contributed by atoms with Crippen molar-refractivity contribution in [3.05, 3.63) is 59.4 Å². The summed E-state index contributed by atoms with van der Waals surface area (Å²) in [6, 6.07) is 12.7. The zero-order valence-corrected chi connectivity index (χ0v) is 15.3. The molecule has 0 aliphatic rings. The van der Waals surface area contributed by atoms with E-state index < -0.39 is 11.9 Å². The summed E-state index contributed by atoms with van der Waals surface area (Å²) in [7, 11) is 2.46. The lowest BCUT2D eigenvalue weighted by molar-refractivity contribution is -0.138. The smallest absolute Gasteiger partial charge is 0.354 e. The first-order chi connectivity index (χ1) is 13.0. The number of methoxy groups -OCH3 is 2. The Bertz CT molecular complexity index is 1040. The third-order valence-corrected chi connectivity index (χ3v) is 4.01. The minimum atomic E-state index is -0.694. The molecule has 0 aliphatic carbocycles. The molecule has 7 nitrogen and oxygen atoms in total. The number of aromatic nitrogens is 2. The number of carbonyl (C=O) groups is 2. The maximum absolute atomic E-state index is 12.0. The largest absolute Gasteiger partial charge is 0.466 e. The van der Waals surface area contributed by atoms with Crippen molar-refractivity contribution in [2.24, 2.45) is 0 Å². The number of nitrogens with zero attached hydrogens (tertiary/aromatic N) is 1. The zero-order valence-electron chi connectivity index (χ0n) is 14.6. The van der Waals surface area contributed by atoms with Crippen molar-refractivity contribution < 1.29 is 19.1 Å². The number of carbonyl (C=O) groups excluding carboxylic acids is 2. The molecule has 0 fully saturated rings. The normalized spacial score (nSPS) is 11.3. The molecule has 0 saturated heterocycles. The lowest BCUT2D eigenvalue weighted by atomic mass is 10.1. The van der Waals surface area contributed by atoms with E-state index in [2.05, 4.69) is 20.0 Å². The van der Waals surface area contributed by atoms with Crippen molar-refractivity contribution >= 4 is 40.3 Å². The number of aromatic amines is 1. The van der Waals surface area contributed by atoms with Gasteiger partial charge in [0.1, 0.15) is 10.9 Å². The van der Waals surface area contributed by atoms with Crippen LogP contribution < -0.4 is 5.32 Å². The number of para-hydroxylation sites is 1. The van der Waals surface area contributed by atoms with Crippen LogP contribution in [0.5, 0.6) is 0 Å². The van der Waals surface area contributed by atoms with Gasteiger partial charge in [-0.05, 0) is 24.3 Å². The Morgan fingerprint density at radius 3 is 2.67 bits per heavy atom. The number of anilines is 1. The first-order valence-corrected chi connectivity index (χ1v) is 8.29. The van der Waals surface area contributed by atoms with Crippen molar-refractivity contribution in [3.63, 3.8) is 0 Å². The highest BCUT2D eigenvalue weighted by atomic mass is 35.5. The van der Waals surface area contributed by atoms with Gasteiger partial charge in [-0.25, -0.2) is 14.6 Å². The Balaban J connectivity index is 2.03. The number of benzene rings is 1. The summed E-state index contributed by atoms with van der Waals surface area (Å²) in [5.74, 6) is -1.37. The number of rotatable bonds is 5. The maximum atomic E-state index is 12.0. The lowest BCUT2D eigenvalue weighted by Crippen LogP contribution is -2.15. The summed E-state index contributed by atoms with van der Waals surface area (Å²) >= 11 is 5.95. The number of hydrogen-bond acceptors (Lipinski definition) is 6. The molecular formula is C19H16ClN3O4. The lowest BCUT2D eigenvalue weighted by Gasteiger charge is -2.12. The molecule has 0 atom stereocenters. The molecule has 27 heavy (non-hydrogen) atoms. The Morgan fingerprint density at radius 2 is 1.93 bits per heavy atom. The summed E-state index contributed by atoms with van der Waals surface area (Å²) in [6.45, 7) is 0. The third kappa shape index (κ3) is 4.09. The number of hydrogen-bond donors (Lipinski definition) is 2. The molecule has 3 aromatic rings. The zero-order chi connectivity index (χ0) is 19.4. The molecule has 0 spiro atoms. The van der Waals surface area contributed by atoms with Gasteiger partial charge < -0.3 is 19.8 Å². The molecule has 2 aromatic heterocycles. The second kappa shape index (κ2) is 7.92. The molecule has 2 N–H and O–H groups in total. The van der Waals surface area contributed by atoms with Crippen LogP contribution in [0.1, 0.15) is 0 Å². The predicted molar refractivity (Wildman–Crippen MR) is 102 cm³/mol. The summed E-state index contributed by atoms with van der Waals surface area (Å²) in [6.07, 6.45) is 1.04. The van der Waals surface area contributed by atoms with Crippen molar-refractivity contribution in [3.8, 4) is 11.3 Å². The number of ether oxygens (including phenoxy) is 2. The minimum absolute atomic E-state index is 0.0471. The molecule has 3 rings (SSSR count). The second-order valence-corrected chi connectivity index (χ2v) is 5.88. The quantitative estimate of drug-likeness (QED) is 0.396. The Kier molecular flexibility index (Phi) is 5.42. The fraction of sp³-hybridized carbons (Fsp3) is 0.105. The summed E-state index contributed by atoms with van der Waals surface area (Å²) < 4.78 is 9.32. The summed E-state index contributed by atoms with van der Waals surface area (Å²) in [5, 5.41) is 3.33. The fourth-order valence-electron chi connectivity index (χ4n) is 2.53. The predicted octanol–water partition coefficient (Wildman–Crippen LogP) is 3.53. The summed E-state index contributed by atoms with van der Waals surface area (Å²) in [4.78, 5) is 31.1. The fourth-order valence-corrected chi connectivity index (χ4v) is 2.69. The average Bonchev–Trinajstić information content (AvgIpc) is 3.09. The Morgan fingerprint density at radius 1 is 1.15 bits per heavy atom. The molecule has 0 aliphatic heterocycles. The maximum Gasteiger partial charge on any atom is 0.354 e. The van der Waals surface area contributed by atoms with Crippen LogP contribution in [0, 0.1) is 0 Å². The van der Waals surface area contributed by atoms with Gasteiger partial charge in [0.2, 0.25) is 0 Å². The van der Waals surface area contributed by atoms with E-state index in [9.17, 15) is 9.59 Å². The number of pyridine rings is 1. The van der Waals surface area contributed by atoms with Crippen LogP contribution in [0.25, 0.3) is 22.3 Å². The molecule has 8 heteroatoms. The van der Waals surface area contributed by atoms with E-state index in [-0.39, 0.29) is 5.70 Å². The number of esters is 2. The van der Waals surface area contributed by atoms with Gasteiger partial charge in [-0.1, -0.05) is 29.8 Å². The van der Waals surface area contributed by atoms with Gasteiger partial charge in [0, 0.05) is 11.3 Å². The SMILES string of the molecule is COC(=O)/C=C(/Nc1ccccc1-c1cc2nc(Cl)ccc2[nH]1)C(=O)OC. The van der Waals surface area contributed by atoms with Crippen LogP contribution in [0.15, 0.2) is 54.2 Å². The number of halogens is 1. The molecule has 0 amide bonds. The van der Waals surface area contributed by atoms with Gasteiger partial charge in [-0.3, -0.25) is 0 Å². The van der Waals surface area contributed by atoms with E-state index >= 15 is 0 Å². The van der Waals surface area contributed by atoms with E-state index in [1.54, 1.807) is 18.2 Å². The van der Waals surface area contributed by atoms with E-state index in [0.29, 0.717) is 16.4 Å². The highest BCUT2D eigenvalue weighted by molar-refractivity contribution is 6.29. The molecule has 0 bridgehead atoms. The van der Waals surface area contributed by atoms with E-state index in [1.807, 2.05) is 24.3 Å². The molecule has 0 unspecified atom stereocenters. The van der Waals surface area contributed by atoms with Gasteiger partial charge in [0.05, 0.1) is 37.0 Å². The van der Waals surface area contributed by atoms with Crippen molar-refractivity contribution in [2.45, 2.75) is 0 Å². The van der Waals surface area contributed by atoms with Crippen LogP contribution in [0.4, 0.5) is 5.69 Å². The van der Waals surface area contributed by atoms with E-state index in [1.165, 1.54) is 14.2 Å². The van der Waals surface area contributed by atoms with Gasteiger partial charge in [0.15, 0.2) is 0 Å². The van der Waals surface area contributed by atoms with Crippen LogP contribution in [-0.4, -0.2) is 36.1 Å². The second-order valence-electron chi connectivity index (χ2n) is 5.49. The standard InChI is InChI=1S/C19H16ClN3O4/c1-26-18(24)10-16(19(25)27-2)21-12-6-4-3-5-11(12)14-9-15-13(22-14)7-8-17(20)23-15/h3-10,21-22H,1-2H3/b16-10+. The highest BCUT2D eigenvalue weighted by Gasteiger charge is 2.16. The molecule has 1 aromatic carbocycles. The van der Waals surface area contributed by atoms with Gasteiger partial charge in [-0.15, -0.1) is 0 Å². The van der Waals surface area contributed by atoms with Crippen molar-refractivity contribution in [1.29, 1.82) is 0 Å². The first-order valence-electron chi connectivity index (χ1n) is 7.91. The molecule has 0 radical (unpaired) electrons. The van der Waals surface area contributed by atoms with E-state index in [4.69, 9.17) is 16.3 Å². The van der Waals surface area contributed by atoms with Crippen LogP contribution >= 0.6 is 11.6 Å². The number of H-pyrrole nitrogens is 1. The topological polar surface area (TPSA) is 93.3 Å². The Labute approximate surface area is 160 Å². The molecule has 0 saturated carbocycles. The van der Waals surface area contributed by atoms with Gasteiger partial charge >= 0.3 is 11.9 Å². The monoisotopic (exact) mass is 385 g/mol. The minimum Gasteiger partial charge on any atom is -0.466 e. The van der Waals surface area contributed by atoms with E-state index in [0.717, 1.165) is 22.9 Å². The highest BCUT2D eigenvalue weighted by Crippen LogP contribution is 2.30. The molecule has 138 valence electrons. The molecule has 2 heterocycles. The Hall–Kier alpha value is -3.32. The molecular weight excluding hydrogens is 370 g/mol. The first kappa shape index (κ1) is 18.5. The number of fused-ring (bicyclic) bond motifs is 1. The summed E-state index contributed by atoms with van der Waals surface area (Å²) in [5.41, 5.74) is 3.62. The van der Waals surface area contributed by atoms with Gasteiger partial charge in [0.25, 0.3) is 0 Å². The van der Waals surface area contributed by atoms with Crippen molar-refractivity contribution in [1.82, 2.24) is 9.97 Å². The number of nitrogens with one attached hydrogen (secondary N) is 2. The van der Waals surface area contributed by atoms with Crippen LogP contribution in [0.2, 0.25) is 5.15 Å². The van der Waals surface area contributed by atoms with Gasteiger partial charge in [-0.2, -0.15) is 0 Å².